The van der Waals surface area contributed by atoms with Crippen LogP contribution in [0.15, 0.2) is 0 Å². The van der Waals surface area contributed by atoms with E-state index in [0.29, 0.717) is 6.42 Å². The molecule has 0 aromatic carbocycles. The average Bonchev–Trinajstić information content (AvgIpc) is 2.62. The van der Waals surface area contributed by atoms with E-state index in [1.165, 1.54) is 83.5 Å². The first-order chi connectivity index (χ1) is 13.1. The van der Waals surface area contributed by atoms with Gasteiger partial charge in [0.15, 0.2) is 0 Å². The molecule has 0 spiro atoms. The maximum Gasteiger partial charge on any atom is 0.469 e. The summed E-state index contributed by atoms with van der Waals surface area (Å²) in [5.41, 5.74) is 0. The summed E-state index contributed by atoms with van der Waals surface area (Å²) in [5.74, 6) is 2.01. The molecule has 0 unspecified atom stereocenters. The molecule has 0 bridgehead atoms. The third kappa shape index (κ3) is 26.4. The van der Waals surface area contributed by atoms with Gasteiger partial charge in [0.2, 0.25) is 0 Å². The highest BCUT2D eigenvalue weighted by molar-refractivity contribution is 7.99. The Labute approximate surface area is 171 Å². The van der Waals surface area contributed by atoms with E-state index in [1.807, 2.05) is 11.8 Å². The van der Waals surface area contributed by atoms with Crippen LogP contribution < -0.4 is 0 Å². The molecule has 0 saturated carbocycles. The van der Waals surface area contributed by atoms with Crippen LogP contribution in [0.4, 0.5) is 0 Å². The quantitative estimate of drug-likeness (QED) is 0.156. The fraction of sp³-hybridized carbons (Fsp3) is 1.00. The summed E-state index contributed by atoms with van der Waals surface area (Å²) in [7, 11) is -4.28. The van der Waals surface area contributed by atoms with Crippen molar-refractivity contribution in [3.63, 3.8) is 0 Å². The third-order valence-electron chi connectivity index (χ3n) is 4.41. The predicted octanol–water partition coefficient (Wildman–Crippen LogP) is 6.33. The van der Waals surface area contributed by atoms with E-state index in [2.05, 4.69) is 11.4 Å². The Hall–Kier alpha value is 0.420. The van der Waals surface area contributed by atoms with E-state index in [1.54, 1.807) is 0 Å². The predicted molar refractivity (Wildman–Crippen MR) is 116 cm³/mol. The Bertz CT molecular complexity index is 338. The lowest BCUT2D eigenvalue weighted by atomic mass is 10.1. The van der Waals surface area contributed by atoms with Gasteiger partial charge in [-0.25, -0.2) is 4.57 Å². The zero-order valence-corrected chi connectivity index (χ0v) is 19.1. The zero-order chi connectivity index (χ0) is 20.1. The van der Waals surface area contributed by atoms with Crippen LogP contribution in [-0.4, -0.2) is 41.1 Å². The number of phosphoric acid groups is 1. The summed E-state index contributed by atoms with van der Waals surface area (Å²) in [6.45, 7) is 4.23. The first-order valence-corrected chi connectivity index (χ1v) is 13.6. The summed E-state index contributed by atoms with van der Waals surface area (Å²) in [5, 5.41) is 0. The fourth-order valence-electron chi connectivity index (χ4n) is 2.83. The largest absolute Gasteiger partial charge is 0.469 e. The highest BCUT2D eigenvalue weighted by Crippen LogP contribution is 2.35. The highest BCUT2D eigenvalue weighted by atomic mass is 32.2. The van der Waals surface area contributed by atoms with Gasteiger partial charge in [-0.2, -0.15) is 11.8 Å². The van der Waals surface area contributed by atoms with Crippen molar-refractivity contribution in [2.24, 2.45) is 0 Å². The molecule has 7 heteroatoms. The van der Waals surface area contributed by atoms with Crippen molar-refractivity contribution in [3.05, 3.63) is 0 Å². The van der Waals surface area contributed by atoms with Gasteiger partial charge in [0.25, 0.3) is 0 Å². The maximum atomic E-state index is 10.5. The molecule has 0 radical (unpaired) electrons. The first kappa shape index (κ1) is 27.4. The lowest BCUT2D eigenvalue weighted by Crippen LogP contribution is -1.97. The molecular formula is C20H43O5PS. The average molecular weight is 427 g/mol. The van der Waals surface area contributed by atoms with Gasteiger partial charge in [-0.3, -0.25) is 4.52 Å². The second-order valence-corrected chi connectivity index (χ2v) is 9.61. The SMILES string of the molecule is CCCCCCCCCCOCCCCCCCSCCCOP(=O)(O)O. The molecule has 0 aliphatic heterocycles. The standard InChI is InChI=1S/C20H43O5PS/c1-2-3-4-5-6-7-9-12-16-24-17-13-10-8-11-14-19-27-20-15-18-25-26(21,22)23/h2-20H2,1H3,(H2,21,22,23). The van der Waals surface area contributed by atoms with Gasteiger partial charge in [0.1, 0.15) is 0 Å². The monoisotopic (exact) mass is 426 g/mol. The van der Waals surface area contributed by atoms with E-state index < -0.39 is 7.82 Å². The van der Waals surface area contributed by atoms with Crippen molar-refractivity contribution >= 4 is 19.6 Å². The molecule has 0 atom stereocenters. The van der Waals surface area contributed by atoms with Crippen molar-refractivity contribution in [1.82, 2.24) is 0 Å². The van der Waals surface area contributed by atoms with Crippen LogP contribution in [-0.2, 0) is 13.8 Å². The second-order valence-electron chi connectivity index (χ2n) is 7.14. The van der Waals surface area contributed by atoms with Gasteiger partial charge >= 0.3 is 7.82 Å². The van der Waals surface area contributed by atoms with E-state index >= 15 is 0 Å². The van der Waals surface area contributed by atoms with Gasteiger partial charge in [0.05, 0.1) is 6.61 Å². The van der Waals surface area contributed by atoms with Crippen LogP contribution in [0.5, 0.6) is 0 Å². The number of hydrogen-bond acceptors (Lipinski definition) is 4. The second kappa shape index (κ2) is 21.1. The van der Waals surface area contributed by atoms with Gasteiger partial charge < -0.3 is 14.5 Å². The Morgan fingerprint density at radius 3 is 1.70 bits per heavy atom. The topological polar surface area (TPSA) is 76.0 Å². The molecule has 164 valence electrons. The van der Waals surface area contributed by atoms with Crippen LogP contribution in [0.1, 0.15) is 96.8 Å². The zero-order valence-electron chi connectivity index (χ0n) is 17.4. The Balaban J connectivity index is 3.02. The Morgan fingerprint density at radius 1 is 0.667 bits per heavy atom. The van der Waals surface area contributed by atoms with E-state index in [4.69, 9.17) is 14.5 Å². The number of thioether (sulfide) groups is 1. The van der Waals surface area contributed by atoms with Crippen LogP contribution >= 0.6 is 19.6 Å². The molecule has 5 nitrogen and oxygen atoms in total. The summed E-state index contributed by atoms with van der Waals surface area (Å²) in [4.78, 5) is 17.1. The van der Waals surface area contributed by atoms with Crippen LogP contribution in [0.3, 0.4) is 0 Å². The van der Waals surface area contributed by atoms with Crippen molar-refractivity contribution in [2.75, 3.05) is 31.3 Å². The third-order valence-corrected chi connectivity index (χ3v) is 6.09. The maximum absolute atomic E-state index is 10.5. The fourth-order valence-corrected chi connectivity index (χ4v) is 4.13. The molecular weight excluding hydrogens is 383 g/mol. The van der Waals surface area contributed by atoms with E-state index in [-0.39, 0.29) is 6.61 Å². The van der Waals surface area contributed by atoms with Gasteiger partial charge in [-0.05, 0) is 37.2 Å². The Morgan fingerprint density at radius 2 is 1.15 bits per heavy atom. The minimum atomic E-state index is -4.28. The molecule has 0 aliphatic carbocycles. The van der Waals surface area contributed by atoms with Crippen molar-refractivity contribution in [1.29, 1.82) is 0 Å². The van der Waals surface area contributed by atoms with Crippen LogP contribution in [0.25, 0.3) is 0 Å². The molecule has 0 aromatic heterocycles. The van der Waals surface area contributed by atoms with E-state index in [9.17, 15) is 4.57 Å². The van der Waals surface area contributed by atoms with Crippen LogP contribution in [0, 0.1) is 0 Å². The highest BCUT2D eigenvalue weighted by Gasteiger charge is 2.12. The molecule has 0 amide bonds. The normalized spacial score (nSPS) is 12.0. The molecule has 0 saturated heterocycles. The lowest BCUT2D eigenvalue weighted by molar-refractivity contribution is 0.125. The number of unbranched alkanes of at least 4 members (excludes halogenated alkanes) is 11. The smallest absolute Gasteiger partial charge is 0.381 e. The molecule has 0 heterocycles. The Kier molecular flexibility index (Phi) is 21.5. The van der Waals surface area contributed by atoms with Crippen molar-refractivity contribution in [2.45, 2.75) is 96.8 Å². The minimum Gasteiger partial charge on any atom is -0.381 e. The molecule has 0 aromatic rings. The van der Waals surface area contributed by atoms with Crippen molar-refractivity contribution < 1.29 is 23.6 Å². The number of ether oxygens (including phenoxy) is 1. The first-order valence-electron chi connectivity index (χ1n) is 10.9. The summed E-state index contributed by atoms with van der Waals surface area (Å²) < 4.78 is 20.6. The number of rotatable bonds is 22. The molecule has 27 heavy (non-hydrogen) atoms. The lowest BCUT2D eigenvalue weighted by Gasteiger charge is -2.06. The minimum absolute atomic E-state index is 0.135. The van der Waals surface area contributed by atoms with E-state index in [0.717, 1.165) is 24.7 Å². The molecule has 0 aliphatic rings. The van der Waals surface area contributed by atoms with Crippen LogP contribution in [0.2, 0.25) is 0 Å². The molecule has 0 fully saturated rings. The summed E-state index contributed by atoms with van der Waals surface area (Å²) in [6, 6.07) is 0. The summed E-state index contributed by atoms with van der Waals surface area (Å²) >= 11 is 1.83. The van der Waals surface area contributed by atoms with Gasteiger partial charge in [-0.1, -0.05) is 71.1 Å². The van der Waals surface area contributed by atoms with Gasteiger partial charge in [0, 0.05) is 13.2 Å². The summed E-state index contributed by atoms with van der Waals surface area (Å²) in [6.07, 6.45) is 17.6. The molecule has 0 rings (SSSR count). The molecule has 2 N–H and O–H groups in total. The van der Waals surface area contributed by atoms with Gasteiger partial charge in [-0.15, -0.1) is 0 Å². The number of hydrogen-bond donors (Lipinski definition) is 2. The number of phosphoric ester groups is 1. The van der Waals surface area contributed by atoms with Crippen molar-refractivity contribution in [3.8, 4) is 0 Å².